The van der Waals surface area contributed by atoms with E-state index >= 15 is 0 Å². The quantitative estimate of drug-likeness (QED) is 0.142. The molecule has 0 spiro atoms. The normalized spacial score (nSPS) is 16.3. The summed E-state index contributed by atoms with van der Waals surface area (Å²) in [5.74, 6) is 4.67. The molecule has 4 aromatic carbocycles. The molecule has 2 unspecified atom stereocenters. The molecule has 0 amide bonds. The van der Waals surface area contributed by atoms with Gasteiger partial charge in [-0.15, -0.1) is 24.8 Å². The number of benzene rings is 4. The van der Waals surface area contributed by atoms with Gasteiger partial charge in [0.2, 0.25) is 0 Å². The van der Waals surface area contributed by atoms with Crippen LogP contribution in [0.15, 0.2) is 106 Å². The van der Waals surface area contributed by atoms with Gasteiger partial charge in [0.1, 0.15) is 0 Å². The molecule has 2 aliphatic rings. The van der Waals surface area contributed by atoms with Crippen molar-refractivity contribution in [3.63, 3.8) is 0 Å². The molecule has 2 aromatic heterocycles. The third kappa shape index (κ3) is 6.87. The number of rotatable bonds is 8. The standard InChI is InChI=1S/2C24H23O.2CH3.2ClH.H2Si.Zr/c2*1-15(2)23-16(3)12-19-13-20(22-11-10-17(4)25-22)14-21(19)24(23)18-8-6-5-7-9-18;;;;;;/h2*5-15H,1-4H3;2*1H3;2*1H;1H2;. The molecule has 0 fully saturated rings. The van der Waals surface area contributed by atoms with Crippen molar-refractivity contribution in [2.75, 3.05) is 0 Å². The Kier molecular flexibility index (Phi) is 11.6. The Balaban J connectivity index is 0.00000266. The molecule has 56 heavy (non-hydrogen) atoms. The number of hydrogen-bond acceptors (Lipinski definition) is 2. The first-order valence-corrected chi connectivity index (χ1v) is 33.4. The summed E-state index contributed by atoms with van der Waals surface area (Å²) in [7, 11) is 0. The van der Waals surface area contributed by atoms with Crippen molar-refractivity contribution in [2.24, 2.45) is 0 Å². The second kappa shape index (κ2) is 15.4. The summed E-state index contributed by atoms with van der Waals surface area (Å²) >= 11 is -4.26. The minimum absolute atomic E-state index is 0. The Morgan fingerprint density at radius 3 is 1.20 bits per heavy atom. The van der Waals surface area contributed by atoms with Crippen LogP contribution in [0, 0.1) is 27.7 Å². The molecule has 290 valence electrons. The van der Waals surface area contributed by atoms with Crippen LogP contribution in [0.1, 0.15) is 114 Å². The van der Waals surface area contributed by atoms with E-state index in [1.54, 1.807) is 0 Å². The van der Waals surface area contributed by atoms with E-state index in [-0.39, 0.29) is 32.1 Å². The Morgan fingerprint density at radius 2 is 0.893 bits per heavy atom. The third-order valence-corrected chi connectivity index (χ3v) is 29.6. The van der Waals surface area contributed by atoms with Crippen molar-refractivity contribution in [3.05, 3.63) is 165 Å². The molecular formula is C50H56Cl2O2SiZr. The zero-order chi connectivity index (χ0) is 38.3. The third-order valence-electron chi connectivity index (χ3n) is 12.4. The van der Waals surface area contributed by atoms with Gasteiger partial charge in [-0.3, -0.25) is 0 Å². The number of fused-ring (bicyclic) bond motifs is 2. The molecule has 2 heterocycles. The van der Waals surface area contributed by atoms with Crippen LogP contribution in [-0.4, -0.2) is 6.88 Å². The van der Waals surface area contributed by atoms with Gasteiger partial charge in [-0.1, -0.05) is 0 Å². The van der Waals surface area contributed by atoms with E-state index < -0.39 is 17.4 Å². The second-order valence-electron chi connectivity index (χ2n) is 17.8. The summed E-state index contributed by atoms with van der Waals surface area (Å²) in [5.41, 5.74) is 19.3. The number of aryl methyl sites for hydroxylation is 4. The summed E-state index contributed by atoms with van der Waals surface area (Å²) in [5, 5.41) is 0. The first-order chi connectivity index (χ1) is 25.6. The van der Waals surface area contributed by atoms with Crippen molar-refractivity contribution in [3.8, 4) is 22.3 Å². The van der Waals surface area contributed by atoms with Gasteiger partial charge < -0.3 is 0 Å². The van der Waals surface area contributed by atoms with Crippen LogP contribution < -0.4 is 0 Å². The fourth-order valence-corrected chi connectivity index (χ4v) is 28.8. The van der Waals surface area contributed by atoms with Gasteiger partial charge >= 0.3 is 327 Å². The van der Waals surface area contributed by atoms with Crippen molar-refractivity contribution >= 4 is 55.0 Å². The van der Waals surface area contributed by atoms with E-state index in [0.717, 1.165) is 23.0 Å². The predicted molar refractivity (Wildman–Crippen MR) is 244 cm³/mol. The summed E-state index contributed by atoms with van der Waals surface area (Å²) < 4.78 is 19.2. The van der Waals surface area contributed by atoms with Gasteiger partial charge in [0, 0.05) is 0 Å². The van der Waals surface area contributed by atoms with E-state index in [4.69, 9.17) is 8.83 Å². The molecule has 0 saturated carbocycles. The largest absolute Gasteiger partial charge is 0.147 e. The summed E-state index contributed by atoms with van der Waals surface area (Å²) in [6.45, 7) is 20.6. The van der Waals surface area contributed by atoms with E-state index in [2.05, 4.69) is 181 Å². The number of hydrogen-bond donors (Lipinski definition) is 0. The van der Waals surface area contributed by atoms with E-state index in [1.807, 2.05) is 0 Å². The summed E-state index contributed by atoms with van der Waals surface area (Å²) in [6.07, 6.45) is 5.05. The Hall–Kier alpha value is -3.40. The minimum atomic E-state index is -4.26. The Morgan fingerprint density at radius 1 is 0.536 bits per heavy atom. The molecule has 0 bridgehead atoms. The van der Waals surface area contributed by atoms with Crippen molar-refractivity contribution < 1.29 is 26.2 Å². The van der Waals surface area contributed by atoms with Crippen LogP contribution in [0.2, 0.25) is 9.26 Å². The maximum absolute atomic E-state index is 6.64. The molecule has 0 saturated heterocycles. The fraction of sp³-hybridized carbons (Fsp3) is 0.280. The molecule has 0 radical (unpaired) electrons. The van der Waals surface area contributed by atoms with Gasteiger partial charge in [-0.25, -0.2) is 0 Å². The van der Waals surface area contributed by atoms with E-state index in [9.17, 15) is 0 Å². The monoisotopic (exact) mass is 876 g/mol. The average molecular weight is 879 g/mol. The number of furan rings is 2. The van der Waals surface area contributed by atoms with Crippen LogP contribution in [0.25, 0.3) is 45.6 Å². The molecule has 2 aliphatic carbocycles. The minimum Gasteiger partial charge on any atom is -0.147 e. The molecule has 8 rings (SSSR count). The zero-order valence-corrected chi connectivity index (χ0v) is 40.0. The van der Waals surface area contributed by atoms with Crippen molar-refractivity contribution in [1.29, 1.82) is 0 Å². The maximum Gasteiger partial charge on any atom is -0.147 e. The van der Waals surface area contributed by atoms with Gasteiger partial charge in [0.15, 0.2) is 0 Å². The second-order valence-corrected chi connectivity index (χ2v) is 48.3. The summed E-state index contributed by atoms with van der Waals surface area (Å²) in [4.78, 5) is 0. The number of allylic oxidation sites excluding steroid dienone is 2. The fourth-order valence-electron chi connectivity index (χ4n) is 10.5. The smallest absolute Gasteiger partial charge is 0.147 e. The van der Waals surface area contributed by atoms with Crippen molar-refractivity contribution in [1.82, 2.24) is 0 Å². The van der Waals surface area contributed by atoms with Gasteiger partial charge in [-0.2, -0.15) is 0 Å². The Labute approximate surface area is 349 Å². The predicted octanol–water partition coefficient (Wildman–Crippen LogP) is 14.8. The molecule has 6 aromatic rings. The first-order valence-electron chi connectivity index (χ1n) is 19.7. The molecular weight excluding hydrogens is 823 g/mol. The molecule has 6 heteroatoms. The van der Waals surface area contributed by atoms with Crippen LogP contribution in [0.5, 0.6) is 0 Å². The van der Waals surface area contributed by atoms with Crippen LogP contribution in [-0.2, 0) is 17.4 Å². The van der Waals surface area contributed by atoms with Crippen LogP contribution in [0.4, 0.5) is 0 Å². The Bertz CT molecular complexity index is 2410. The molecule has 0 aliphatic heterocycles. The molecule has 0 N–H and O–H groups in total. The molecule has 2 nitrogen and oxygen atoms in total. The van der Waals surface area contributed by atoms with Gasteiger partial charge in [0.05, 0.1) is 0 Å². The maximum atomic E-state index is 6.64. The van der Waals surface area contributed by atoms with E-state index in [1.165, 1.54) is 77.9 Å². The van der Waals surface area contributed by atoms with Crippen LogP contribution in [0.3, 0.4) is 0 Å². The first kappa shape index (κ1) is 42.2. The van der Waals surface area contributed by atoms with Gasteiger partial charge in [-0.05, 0) is 0 Å². The van der Waals surface area contributed by atoms with Crippen molar-refractivity contribution in [2.45, 2.75) is 83.7 Å². The topological polar surface area (TPSA) is 26.3 Å². The van der Waals surface area contributed by atoms with Gasteiger partial charge in [0.25, 0.3) is 0 Å². The zero-order valence-electron chi connectivity index (χ0n) is 34.5. The average Bonchev–Trinajstić information content (AvgIpc) is 3.92. The number of halogens is 2. The SMILES string of the molecule is Cc1ccc(C2=Cc3c(cc(C)c(C(C)C)c3-c3ccccc3)[CH]2[Zr]([CH3])([CH3])(=[SiH2])[CH]2C(c3ccc(C)o3)=Cc3c2cc(C)c(C(C)C)c3-c2ccccc2)o1.Cl.Cl. The van der Waals surface area contributed by atoms with E-state index in [0.29, 0.717) is 11.8 Å². The van der Waals surface area contributed by atoms with Crippen LogP contribution >= 0.6 is 24.8 Å². The molecule has 2 atom stereocenters. The summed E-state index contributed by atoms with van der Waals surface area (Å²) in [6, 6.07) is 36.0.